The van der Waals surface area contributed by atoms with E-state index in [1.54, 1.807) is 0 Å². The Morgan fingerprint density at radius 1 is 1.50 bits per heavy atom. The Hall–Kier alpha value is -1.02. The van der Waals surface area contributed by atoms with Crippen LogP contribution >= 0.6 is 0 Å². The summed E-state index contributed by atoms with van der Waals surface area (Å²) < 4.78 is 5.59. The van der Waals surface area contributed by atoms with Gasteiger partial charge in [-0.15, -0.1) is 0 Å². The highest BCUT2D eigenvalue weighted by molar-refractivity contribution is 5.31. The largest absolute Gasteiger partial charge is 0.494 e. The SMILES string of the molecule is CCCOc1cccc(C2CCN2)c1. The number of hydrogen-bond acceptors (Lipinski definition) is 2. The molecule has 1 unspecified atom stereocenters. The number of hydrogen-bond donors (Lipinski definition) is 1. The van der Waals surface area contributed by atoms with Crippen LogP contribution in [0.1, 0.15) is 31.4 Å². The van der Waals surface area contributed by atoms with Gasteiger partial charge in [-0.1, -0.05) is 19.1 Å². The highest BCUT2D eigenvalue weighted by Crippen LogP contribution is 2.25. The summed E-state index contributed by atoms with van der Waals surface area (Å²) in [5.74, 6) is 0.998. The van der Waals surface area contributed by atoms with E-state index in [0.29, 0.717) is 6.04 Å². The molecule has 1 aliphatic rings. The average molecular weight is 191 g/mol. The van der Waals surface area contributed by atoms with E-state index in [1.165, 1.54) is 12.0 Å². The standard InChI is InChI=1S/C12H17NO/c1-2-8-14-11-5-3-4-10(9-11)12-6-7-13-12/h3-5,9,12-13H,2,6-8H2,1H3. The summed E-state index contributed by atoms with van der Waals surface area (Å²) in [5, 5.41) is 3.39. The molecule has 0 aliphatic carbocycles. The van der Waals surface area contributed by atoms with Crippen molar-refractivity contribution in [2.45, 2.75) is 25.8 Å². The molecule has 2 heteroatoms. The molecule has 1 aromatic rings. The van der Waals surface area contributed by atoms with Crippen molar-refractivity contribution < 1.29 is 4.74 Å². The van der Waals surface area contributed by atoms with Gasteiger partial charge in [-0.05, 0) is 37.1 Å². The minimum Gasteiger partial charge on any atom is -0.494 e. The average Bonchev–Trinajstić information content (AvgIpc) is 2.13. The van der Waals surface area contributed by atoms with Crippen LogP contribution in [-0.2, 0) is 0 Å². The maximum atomic E-state index is 5.59. The van der Waals surface area contributed by atoms with Crippen LogP contribution < -0.4 is 10.1 Å². The van der Waals surface area contributed by atoms with Gasteiger partial charge in [0, 0.05) is 6.04 Å². The summed E-state index contributed by atoms with van der Waals surface area (Å²) in [7, 11) is 0. The molecule has 1 N–H and O–H groups in total. The van der Waals surface area contributed by atoms with Crippen LogP contribution in [0.4, 0.5) is 0 Å². The maximum Gasteiger partial charge on any atom is 0.119 e. The third kappa shape index (κ3) is 2.07. The molecule has 0 aromatic heterocycles. The molecule has 0 spiro atoms. The van der Waals surface area contributed by atoms with Gasteiger partial charge in [0.15, 0.2) is 0 Å². The highest BCUT2D eigenvalue weighted by atomic mass is 16.5. The van der Waals surface area contributed by atoms with Crippen LogP contribution in [0.3, 0.4) is 0 Å². The number of nitrogens with one attached hydrogen (secondary N) is 1. The van der Waals surface area contributed by atoms with Crippen molar-refractivity contribution in [1.82, 2.24) is 5.32 Å². The third-order valence-electron chi connectivity index (χ3n) is 2.56. The van der Waals surface area contributed by atoms with Crippen molar-refractivity contribution in [3.8, 4) is 5.75 Å². The first-order valence-corrected chi connectivity index (χ1v) is 5.36. The summed E-state index contributed by atoms with van der Waals surface area (Å²) >= 11 is 0. The maximum absolute atomic E-state index is 5.59. The molecule has 1 saturated heterocycles. The van der Waals surface area contributed by atoms with Crippen LogP contribution in [0.25, 0.3) is 0 Å². The van der Waals surface area contributed by atoms with E-state index in [0.717, 1.165) is 25.3 Å². The predicted octanol–water partition coefficient (Wildman–Crippen LogP) is 2.51. The van der Waals surface area contributed by atoms with E-state index < -0.39 is 0 Å². The molecule has 0 bridgehead atoms. The molecule has 1 fully saturated rings. The van der Waals surface area contributed by atoms with E-state index in [2.05, 4.69) is 30.4 Å². The van der Waals surface area contributed by atoms with Gasteiger partial charge < -0.3 is 10.1 Å². The van der Waals surface area contributed by atoms with Crippen LogP contribution in [-0.4, -0.2) is 13.2 Å². The summed E-state index contributed by atoms with van der Waals surface area (Å²) in [5.41, 5.74) is 1.35. The minimum atomic E-state index is 0.556. The first kappa shape index (κ1) is 9.53. The predicted molar refractivity (Wildman–Crippen MR) is 57.6 cm³/mol. The van der Waals surface area contributed by atoms with Crippen molar-refractivity contribution in [3.05, 3.63) is 29.8 Å². The molecule has 2 rings (SSSR count). The van der Waals surface area contributed by atoms with Crippen molar-refractivity contribution in [3.63, 3.8) is 0 Å². The molecule has 0 amide bonds. The highest BCUT2D eigenvalue weighted by Gasteiger charge is 2.18. The van der Waals surface area contributed by atoms with Gasteiger partial charge in [0.05, 0.1) is 6.61 Å². The fourth-order valence-corrected chi connectivity index (χ4v) is 1.61. The summed E-state index contributed by atoms with van der Waals surface area (Å²) in [6.45, 7) is 4.07. The first-order chi connectivity index (χ1) is 6.90. The van der Waals surface area contributed by atoms with Crippen molar-refractivity contribution in [2.75, 3.05) is 13.2 Å². The van der Waals surface area contributed by atoms with Gasteiger partial charge in [-0.25, -0.2) is 0 Å². The van der Waals surface area contributed by atoms with E-state index >= 15 is 0 Å². The number of rotatable bonds is 4. The molecule has 0 radical (unpaired) electrons. The van der Waals surface area contributed by atoms with Gasteiger partial charge in [0.2, 0.25) is 0 Å². The normalized spacial score (nSPS) is 20.2. The smallest absolute Gasteiger partial charge is 0.119 e. The molecular formula is C12H17NO. The fraction of sp³-hybridized carbons (Fsp3) is 0.500. The van der Waals surface area contributed by atoms with Crippen LogP contribution in [0.2, 0.25) is 0 Å². The van der Waals surface area contributed by atoms with E-state index in [9.17, 15) is 0 Å². The topological polar surface area (TPSA) is 21.3 Å². The van der Waals surface area contributed by atoms with Crippen LogP contribution in [0.5, 0.6) is 5.75 Å². The summed E-state index contributed by atoms with van der Waals surface area (Å²) in [6, 6.07) is 8.96. The summed E-state index contributed by atoms with van der Waals surface area (Å²) in [4.78, 5) is 0. The molecule has 1 atom stereocenters. The Kier molecular flexibility index (Phi) is 3.04. The Balaban J connectivity index is 2.02. The van der Waals surface area contributed by atoms with Gasteiger partial charge in [0.1, 0.15) is 5.75 Å². The quantitative estimate of drug-likeness (QED) is 0.789. The third-order valence-corrected chi connectivity index (χ3v) is 2.56. The van der Waals surface area contributed by atoms with Crippen molar-refractivity contribution in [2.24, 2.45) is 0 Å². The Morgan fingerprint density at radius 3 is 3.00 bits per heavy atom. The van der Waals surface area contributed by atoms with Gasteiger partial charge in [-0.3, -0.25) is 0 Å². The zero-order chi connectivity index (χ0) is 9.80. The minimum absolute atomic E-state index is 0.556. The number of ether oxygens (including phenoxy) is 1. The fourth-order valence-electron chi connectivity index (χ4n) is 1.61. The molecule has 1 aliphatic heterocycles. The first-order valence-electron chi connectivity index (χ1n) is 5.36. The zero-order valence-corrected chi connectivity index (χ0v) is 8.62. The lowest BCUT2D eigenvalue weighted by atomic mass is 9.98. The second-order valence-electron chi connectivity index (χ2n) is 3.72. The molecule has 14 heavy (non-hydrogen) atoms. The van der Waals surface area contributed by atoms with E-state index in [-0.39, 0.29) is 0 Å². The lowest BCUT2D eigenvalue weighted by molar-refractivity contribution is 0.315. The van der Waals surface area contributed by atoms with Crippen molar-refractivity contribution in [1.29, 1.82) is 0 Å². The molecular weight excluding hydrogens is 174 g/mol. The van der Waals surface area contributed by atoms with Gasteiger partial charge in [-0.2, -0.15) is 0 Å². The number of benzene rings is 1. The lowest BCUT2D eigenvalue weighted by Crippen LogP contribution is -2.34. The molecule has 0 saturated carbocycles. The Morgan fingerprint density at radius 2 is 2.36 bits per heavy atom. The Labute approximate surface area is 85.3 Å². The van der Waals surface area contributed by atoms with E-state index in [4.69, 9.17) is 4.74 Å². The molecule has 1 heterocycles. The second kappa shape index (κ2) is 4.47. The zero-order valence-electron chi connectivity index (χ0n) is 8.62. The van der Waals surface area contributed by atoms with E-state index in [1.807, 2.05) is 6.07 Å². The lowest BCUT2D eigenvalue weighted by Gasteiger charge is -2.28. The van der Waals surface area contributed by atoms with Crippen molar-refractivity contribution >= 4 is 0 Å². The second-order valence-corrected chi connectivity index (χ2v) is 3.72. The monoisotopic (exact) mass is 191 g/mol. The van der Waals surface area contributed by atoms with Crippen LogP contribution in [0, 0.1) is 0 Å². The molecule has 76 valence electrons. The molecule has 1 aromatic carbocycles. The molecule has 2 nitrogen and oxygen atoms in total. The van der Waals surface area contributed by atoms with Crippen LogP contribution in [0.15, 0.2) is 24.3 Å². The Bertz CT molecular complexity index is 294. The van der Waals surface area contributed by atoms with Gasteiger partial charge >= 0.3 is 0 Å². The van der Waals surface area contributed by atoms with Gasteiger partial charge in [0.25, 0.3) is 0 Å². The summed E-state index contributed by atoms with van der Waals surface area (Å²) in [6.07, 6.45) is 2.31.